The van der Waals surface area contributed by atoms with Gasteiger partial charge in [-0.15, -0.1) is 0 Å². The molecule has 1 rings (SSSR count). The van der Waals surface area contributed by atoms with Crippen LogP contribution in [0, 0.1) is 23.1 Å². The first-order chi connectivity index (χ1) is 7.27. The summed E-state index contributed by atoms with van der Waals surface area (Å²) >= 11 is 0. The lowest BCUT2D eigenvalue weighted by atomic mass is 10.1. The van der Waals surface area contributed by atoms with Crippen molar-refractivity contribution in [3.8, 4) is 6.07 Å². The molecule has 0 radical (unpaired) electrons. The van der Waals surface area contributed by atoms with Crippen molar-refractivity contribution < 1.29 is 4.39 Å². The van der Waals surface area contributed by atoms with Gasteiger partial charge in [0.05, 0.1) is 12.0 Å². The van der Waals surface area contributed by atoms with Crippen molar-refractivity contribution in [3.63, 3.8) is 0 Å². The average Bonchev–Trinajstić information content (AvgIpc) is 2.27. The van der Waals surface area contributed by atoms with Crippen LogP contribution in [0.25, 0.3) is 0 Å². The molecular weight excluding hydrogens is 191 g/mol. The summed E-state index contributed by atoms with van der Waals surface area (Å²) in [5.74, 6) is -0.188. The maximum Gasteiger partial charge on any atom is 0.127 e. The van der Waals surface area contributed by atoms with Gasteiger partial charge in [-0.1, -0.05) is 25.1 Å². The summed E-state index contributed by atoms with van der Waals surface area (Å²) in [5, 5.41) is 11.8. The monoisotopic (exact) mass is 206 g/mol. The minimum absolute atomic E-state index is 0.0109. The molecule has 0 spiro atoms. The number of nitrogens with one attached hydrogen (secondary N) is 1. The molecule has 0 amide bonds. The summed E-state index contributed by atoms with van der Waals surface area (Å²) in [6.07, 6.45) is 0.820. The number of halogens is 1. The van der Waals surface area contributed by atoms with Crippen molar-refractivity contribution in [1.29, 1.82) is 5.26 Å². The molecule has 1 N–H and O–H groups in total. The van der Waals surface area contributed by atoms with E-state index in [9.17, 15) is 4.39 Å². The summed E-state index contributed by atoms with van der Waals surface area (Å²) in [5.41, 5.74) is 0.644. The van der Waals surface area contributed by atoms with Crippen LogP contribution in [0.3, 0.4) is 0 Å². The van der Waals surface area contributed by atoms with Gasteiger partial charge in [0, 0.05) is 18.7 Å². The molecule has 0 bridgehead atoms. The molecule has 0 saturated carbocycles. The zero-order valence-corrected chi connectivity index (χ0v) is 8.83. The number of benzene rings is 1. The van der Waals surface area contributed by atoms with E-state index in [4.69, 9.17) is 5.26 Å². The van der Waals surface area contributed by atoms with E-state index < -0.39 is 0 Å². The molecule has 0 aliphatic heterocycles. The molecule has 3 heteroatoms. The third-order valence-electron chi connectivity index (χ3n) is 2.34. The minimum atomic E-state index is -0.199. The van der Waals surface area contributed by atoms with Gasteiger partial charge in [-0.3, -0.25) is 0 Å². The molecule has 0 aliphatic carbocycles. The van der Waals surface area contributed by atoms with E-state index in [1.807, 2.05) is 13.0 Å². The van der Waals surface area contributed by atoms with Gasteiger partial charge in [0.15, 0.2) is 0 Å². The van der Waals surface area contributed by atoms with Crippen molar-refractivity contribution >= 4 is 0 Å². The standard InChI is InChI=1S/C12H15FN2/c1-2-10(7-14)8-15-9-11-5-3-4-6-12(11)13/h3-6,10,15H,2,8-9H2,1H3. The van der Waals surface area contributed by atoms with Crippen LogP contribution in [-0.4, -0.2) is 6.54 Å². The number of nitriles is 1. The highest BCUT2D eigenvalue weighted by atomic mass is 19.1. The average molecular weight is 206 g/mol. The van der Waals surface area contributed by atoms with Gasteiger partial charge in [-0.05, 0) is 12.5 Å². The van der Waals surface area contributed by atoms with Gasteiger partial charge in [0.1, 0.15) is 5.82 Å². The maximum absolute atomic E-state index is 13.2. The van der Waals surface area contributed by atoms with Gasteiger partial charge < -0.3 is 5.32 Å². The van der Waals surface area contributed by atoms with Gasteiger partial charge in [0.2, 0.25) is 0 Å². The lowest BCUT2D eigenvalue weighted by Gasteiger charge is -2.08. The van der Waals surface area contributed by atoms with Crippen LogP contribution in [0.4, 0.5) is 4.39 Å². The first-order valence-electron chi connectivity index (χ1n) is 5.11. The van der Waals surface area contributed by atoms with Crippen LogP contribution < -0.4 is 5.32 Å². The maximum atomic E-state index is 13.2. The molecule has 0 heterocycles. The van der Waals surface area contributed by atoms with Crippen LogP contribution in [-0.2, 0) is 6.54 Å². The smallest absolute Gasteiger partial charge is 0.127 e. The predicted octanol–water partition coefficient (Wildman–Crippen LogP) is 2.47. The fraction of sp³-hybridized carbons (Fsp3) is 0.417. The van der Waals surface area contributed by atoms with E-state index >= 15 is 0 Å². The molecule has 1 aromatic carbocycles. The Labute approximate surface area is 89.7 Å². The van der Waals surface area contributed by atoms with Crippen LogP contribution in [0.1, 0.15) is 18.9 Å². The third kappa shape index (κ3) is 3.69. The Morgan fingerprint density at radius 1 is 1.47 bits per heavy atom. The minimum Gasteiger partial charge on any atom is -0.311 e. The normalized spacial score (nSPS) is 12.1. The SMILES string of the molecule is CCC(C#N)CNCc1ccccc1F. The summed E-state index contributed by atoms with van der Waals surface area (Å²) in [4.78, 5) is 0. The highest BCUT2D eigenvalue weighted by Gasteiger charge is 2.04. The van der Waals surface area contributed by atoms with Crippen LogP contribution >= 0.6 is 0 Å². The predicted molar refractivity (Wildman–Crippen MR) is 57.5 cm³/mol. The second-order valence-electron chi connectivity index (χ2n) is 3.46. The highest BCUT2D eigenvalue weighted by molar-refractivity contribution is 5.16. The molecule has 0 aliphatic rings. The first-order valence-corrected chi connectivity index (χ1v) is 5.11. The Balaban J connectivity index is 2.39. The number of nitrogens with zero attached hydrogens (tertiary/aromatic N) is 1. The molecular formula is C12H15FN2. The van der Waals surface area contributed by atoms with E-state index in [1.54, 1.807) is 12.1 Å². The molecule has 80 valence electrons. The molecule has 1 aromatic rings. The second-order valence-corrected chi connectivity index (χ2v) is 3.46. The van der Waals surface area contributed by atoms with Crippen LogP contribution in [0.2, 0.25) is 0 Å². The Kier molecular flexibility index (Phi) is 4.79. The molecule has 15 heavy (non-hydrogen) atoms. The van der Waals surface area contributed by atoms with Crippen molar-refractivity contribution in [2.75, 3.05) is 6.54 Å². The quantitative estimate of drug-likeness (QED) is 0.803. The summed E-state index contributed by atoms with van der Waals surface area (Å²) in [6.45, 7) is 3.06. The van der Waals surface area contributed by atoms with E-state index in [-0.39, 0.29) is 11.7 Å². The van der Waals surface area contributed by atoms with Gasteiger partial charge in [-0.25, -0.2) is 4.39 Å². The first kappa shape index (κ1) is 11.7. The molecule has 0 aromatic heterocycles. The van der Waals surface area contributed by atoms with E-state index in [0.717, 1.165) is 6.42 Å². The van der Waals surface area contributed by atoms with Gasteiger partial charge in [0.25, 0.3) is 0 Å². The number of hydrogen-bond donors (Lipinski definition) is 1. The lowest BCUT2D eigenvalue weighted by molar-refractivity contribution is 0.536. The van der Waals surface area contributed by atoms with Gasteiger partial charge in [-0.2, -0.15) is 5.26 Å². The van der Waals surface area contributed by atoms with Crippen molar-refractivity contribution in [2.45, 2.75) is 19.9 Å². The topological polar surface area (TPSA) is 35.8 Å². The summed E-state index contributed by atoms with van der Waals surface area (Å²) in [7, 11) is 0. The zero-order chi connectivity index (χ0) is 11.1. The summed E-state index contributed by atoms with van der Waals surface area (Å²) in [6, 6.07) is 8.86. The fourth-order valence-corrected chi connectivity index (χ4v) is 1.30. The Hall–Kier alpha value is -1.40. The highest BCUT2D eigenvalue weighted by Crippen LogP contribution is 2.06. The third-order valence-corrected chi connectivity index (χ3v) is 2.34. The van der Waals surface area contributed by atoms with E-state index in [0.29, 0.717) is 18.7 Å². The van der Waals surface area contributed by atoms with E-state index in [1.165, 1.54) is 6.07 Å². The Bertz CT molecular complexity index is 344. The Morgan fingerprint density at radius 2 is 2.20 bits per heavy atom. The second kappa shape index (κ2) is 6.15. The van der Waals surface area contributed by atoms with E-state index in [2.05, 4.69) is 11.4 Å². The van der Waals surface area contributed by atoms with Crippen molar-refractivity contribution in [1.82, 2.24) is 5.32 Å². The largest absolute Gasteiger partial charge is 0.311 e. The fourth-order valence-electron chi connectivity index (χ4n) is 1.30. The van der Waals surface area contributed by atoms with Crippen LogP contribution in [0.5, 0.6) is 0 Å². The molecule has 2 nitrogen and oxygen atoms in total. The number of hydrogen-bond acceptors (Lipinski definition) is 2. The molecule has 0 fully saturated rings. The number of rotatable bonds is 5. The molecule has 1 unspecified atom stereocenters. The summed E-state index contributed by atoms with van der Waals surface area (Å²) < 4.78 is 13.2. The van der Waals surface area contributed by atoms with Gasteiger partial charge >= 0.3 is 0 Å². The molecule has 0 saturated heterocycles. The molecule has 1 atom stereocenters. The van der Waals surface area contributed by atoms with Crippen molar-refractivity contribution in [2.24, 2.45) is 5.92 Å². The zero-order valence-electron chi connectivity index (χ0n) is 8.83. The van der Waals surface area contributed by atoms with Crippen LogP contribution in [0.15, 0.2) is 24.3 Å². The van der Waals surface area contributed by atoms with Crippen molar-refractivity contribution in [3.05, 3.63) is 35.6 Å². The lowest BCUT2D eigenvalue weighted by Crippen LogP contribution is -2.21. The Morgan fingerprint density at radius 3 is 2.80 bits per heavy atom.